The Morgan fingerprint density at radius 2 is 1.69 bits per heavy atom. The molecule has 0 unspecified atom stereocenters. The van der Waals surface area contributed by atoms with Crippen molar-refractivity contribution in [2.24, 2.45) is 0 Å². The monoisotopic (exact) mass is 461 g/mol. The highest BCUT2D eigenvalue weighted by Gasteiger charge is 2.25. The van der Waals surface area contributed by atoms with Gasteiger partial charge in [-0.2, -0.15) is 0 Å². The molecule has 0 aromatic heterocycles. The van der Waals surface area contributed by atoms with Gasteiger partial charge in [-0.1, -0.05) is 18.2 Å². The number of sulfonamides is 1. The van der Waals surface area contributed by atoms with E-state index in [1.807, 2.05) is 30.3 Å². The highest BCUT2D eigenvalue weighted by atomic mass is 79.9. The summed E-state index contributed by atoms with van der Waals surface area (Å²) in [6, 6.07) is 13.2. The molecular formula is C17H20BrNO5S2. The Morgan fingerprint density at radius 1 is 1.04 bits per heavy atom. The summed E-state index contributed by atoms with van der Waals surface area (Å²) in [5, 5.41) is 0. The van der Waals surface area contributed by atoms with E-state index in [-0.39, 0.29) is 16.3 Å². The van der Waals surface area contributed by atoms with Gasteiger partial charge in [-0.3, -0.25) is 0 Å². The molecule has 2 aromatic carbocycles. The van der Waals surface area contributed by atoms with Crippen molar-refractivity contribution in [3.8, 4) is 5.75 Å². The molecule has 0 N–H and O–H groups in total. The van der Waals surface area contributed by atoms with Crippen LogP contribution in [0.2, 0.25) is 0 Å². The Bertz CT molecular complexity index is 960. The number of para-hydroxylation sites is 1. The minimum absolute atomic E-state index is 0.0416. The van der Waals surface area contributed by atoms with Gasteiger partial charge in [-0.05, 0) is 52.7 Å². The molecule has 0 atom stereocenters. The third kappa shape index (κ3) is 5.29. The van der Waals surface area contributed by atoms with Crippen molar-refractivity contribution < 1.29 is 21.6 Å². The molecule has 6 nitrogen and oxygen atoms in total. The first-order chi connectivity index (χ1) is 12.1. The summed E-state index contributed by atoms with van der Waals surface area (Å²) >= 11 is 3.19. The zero-order valence-electron chi connectivity index (χ0n) is 14.4. The number of benzene rings is 2. The fourth-order valence-corrected chi connectivity index (χ4v) is 5.07. The van der Waals surface area contributed by atoms with E-state index < -0.39 is 19.9 Å². The Kier molecular flexibility index (Phi) is 6.84. The second kappa shape index (κ2) is 8.51. The van der Waals surface area contributed by atoms with Gasteiger partial charge in [-0.15, -0.1) is 0 Å². The quantitative estimate of drug-likeness (QED) is 0.564. The summed E-state index contributed by atoms with van der Waals surface area (Å²) < 4.78 is 56.0. The van der Waals surface area contributed by atoms with E-state index >= 15 is 0 Å². The molecule has 2 rings (SSSR count). The van der Waals surface area contributed by atoms with Gasteiger partial charge in [0.25, 0.3) is 0 Å². The van der Waals surface area contributed by atoms with Gasteiger partial charge in [0.1, 0.15) is 5.75 Å². The summed E-state index contributed by atoms with van der Waals surface area (Å²) in [7, 11) is -5.88. The van der Waals surface area contributed by atoms with E-state index in [1.165, 1.54) is 29.6 Å². The van der Waals surface area contributed by atoms with Crippen LogP contribution in [0.4, 0.5) is 0 Å². The molecule has 0 saturated heterocycles. The Hall–Kier alpha value is -1.42. The zero-order valence-corrected chi connectivity index (χ0v) is 17.6. The molecule has 0 aliphatic rings. The van der Waals surface area contributed by atoms with E-state index in [0.717, 1.165) is 12.0 Å². The maximum absolute atomic E-state index is 12.8. The van der Waals surface area contributed by atoms with Crippen molar-refractivity contribution in [3.05, 3.63) is 53.0 Å². The van der Waals surface area contributed by atoms with Crippen molar-refractivity contribution in [2.75, 3.05) is 26.5 Å². The van der Waals surface area contributed by atoms with Crippen LogP contribution in [0, 0.1) is 0 Å². The minimum atomic E-state index is -3.83. The van der Waals surface area contributed by atoms with Crippen molar-refractivity contribution in [1.82, 2.24) is 4.31 Å². The Labute approximate surface area is 162 Å². The number of hydrogen-bond acceptors (Lipinski definition) is 5. The normalized spacial score (nSPS) is 12.3. The first-order valence-corrected chi connectivity index (χ1v) is 11.9. The van der Waals surface area contributed by atoms with E-state index in [0.29, 0.717) is 17.5 Å². The summed E-state index contributed by atoms with van der Waals surface area (Å²) in [6.45, 7) is 0.610. The first-order valence-electron chi connectivity index (χ1n) is 7.76. The molecular weight excluding hydrogens is 442 g/mol. The summed E-state index contributed by atoms with van der Waals surface area (Å²) in [4.78, 5) is -0.119. The van der Waals surface area contributed by atoms with Crippen molar-refractivity contribution in [2.45, 2.75) is 16.2 Å². The van der Waals surface area contributed by atoms with Gasteiger partial charge >= 0.3 is 0 Å². The predicted molar refractivity (Wildman–Crippen MR) is 104 cm³/mol. The van der Waals surface area contributed by atoms with E-state index in [9.17, 15) is 16.8 Å². The number of nitrogens with zero attached hydrogens (tertiary/aromatic N) is 1. The average molecular weight is 462 g/mol. The molecule has 0 spiro atoms. The topological polar surface area (TPSA) is 80.8 Å². The molecule has 0 saturated carbocycles. The molecule has 0 amide bonds. The number of hydrogen-bond donors (Lipinski definition) is 0. The molecule has 0 aliphatic carbocycles. The van der Waals surface area contributed by atoms with Gasteiger partial charge < -0.3 is 4.74 Å². The number of sulfone groups is 1. The molecule has 0 heterocycles. The van der Waals surface area contributed by atoms with E-state index in [4.69, 9.17) is 4.74 Å². The highest BCUT2D eigenvalue weighted by Crippen LogP contribution is 2.27. The van der Waals surface area contributed by atoms with Crippen molar-refractivity contribution >= 4 is 35.8 Å². The second-order valence-electron chi connectivity index (χ2n) is 5.71. The van der Waals surface area contributed by atoms with Crippen LogP contribution in [0.3, 0.4) is 0 Å². The third-order valence-corrected chi connectivity index (χ3v) is 7.61. The van der Waals surface area contributed by atoms with Gasteiger partial charge in [0, 0.05) is 24.3 Å². The smallest absolute Gasteiger partial charge is 0.243 e. The molecule has 26 heavy (non-hydrogen) atoms. The second-order valence-corrected chi connectivity index (χ2v) is 10.6. The molecule has 142 valence electrons. The summed E-state index contributed by atoms with van der Waals surface area (Å²) in [5.74, 6) is 0.724. The van der Waals surface area contributed by atoms with Gasteiger partial charge in [0.05, 0.1) is 16.4 Å². The Morgan fingerprint density at radius 3 is 2.31 bits per heavy atom. The molecule has 0 radical (unpaired) electrons. The molecule has 9 heteroatoms. The highest BCUT2D eigenvalue weighted by molar-refractivity contribution is 9.10. The lowest BCUT2D eigenvalue weighted by Crippen LogP contribution is -2.29. The van der Waals surface area contributed by atoms with Gasteiger partial charge in [0.2, 0.25) is 10.0 Å². The van der Waals surface area contributed by atoms with E-state index in [2.05, 4.69) is 15.9 Å². The lowest BCUT2D eigenvalue weighted by atomic mass is 10.3. The average Bonchev–Trinajstić information content (AvgIpc) is 2.58. The van der Waals surface area contributed by atoms with Gasteiger partial charge in [-0.25, -0.2) is 21.1 Å². The van der Waals surface area contributed by atoms with Crippen molar-refractivity contribution in [3.63, 3.8) is 0 Å². The molecule has 0 aliphatic heterocycles. The van der Waals surface area contributed by atoms with Crippen LogP contribution >= 0.6 is 15.9 Å². The molecule has 0 bridgehead atoms. The molecule has 0 fully saturated rings. The van der Waals surface area contributed by atoms with Crippen molar-refractivity contribution in [1.29, 1.82) is 0 Å². The van der Waals surface area contributed by atoms with Crippen LogP contribution < -0.4 is 4.74 Å². The van der Waals surface area contributed by atoms with Crippen LogP contribution in [-0.2, 0) is 19.9 Å². The van der Waals surface area contributed by atoms with Crippen LogP contribution in [0.1, 0.15) is 6.42 Å². The standard InChI is InChI=1S/C17H20BrNO5S2/c1-19(11-6-12-24-14-7-4-3-5-8-14)26(22,23)17-13-15(25(2,20)21)9-10-16(17)18/h3-5,7-10,13H,6,11-12H2,1-2H3. The summed E-state index contributed by atoms with van der Waals surface area (Å²) in [6.07, 6.45) is 1.53. The molecule has 2 aromatic rings. The maximum atomic E-state index is 12.8. The van der Waals surface area contributed by atoms with Crippen LogP contribution in [0.15, 0.2) is 62.8 Å². The van der Waals surface area contributed by atoms with Crippen LogP contribution in [0.25, 0.3) is 0 Å². The van der Waals surface area contributed by atoms with Crippen LogP contribution in [0.5, 0.6) is 5.75 Å². The number of rotatable bonds is 8. The fraction of sp³-hybridized carbons (Fsp3) is 0.294. The SMILES string of the molecule is CN(CCCOc1ccccc1)S(=O)(=O)c1cc(S(C)(=O)=O)ccc1Br. The lowest BCUT2D eigenvalue weighted by Gasteiger charge is -2.18. The predicted octanol–water partition coefficient (Wildman–Crippen LogP) is 2.94. The largest absolute Gasteiger partial charge is 0.494 e. The third-order valence-electron chi connectivity index (χ3n) is 3.65. The maximum Gasteiger partial charge on any atom is 0.243 e. The lowest BCUT2D eigenvalue weighted by molar-refractivity contribution is 0.296. The van der Waals surface area contributed by atoms with Crippen LogP contribution in [-0.4, -0.2) is 47.6 Å². The van der Waals surface area contributed by atoms with E-state index in [1.54, 1.807) is 0 Å². The number of ether oxygens (including phenoxy) is 1. The van der Waals surface area contributed by atoms with Gasteiger partial charge in [0.15, 0.2) is 9.84 Å². The minimum Gasteiger partial charge on any atom is -0.494 e. The zero-order chi connectivity index (χ0) is 19.4. The first kappa shape index (κ1) is 20.9. The summed E-state index contributed by atoms with van der Waals surface area (Å²) in [5.41, 5.74) is 0. The fourth-order valence-electron chi connectivity index (χ4n) is 2.19. The Balaban J connectivity index is 2.07. The number of halogens is 1.